The Morgan fingerprint density at radius 2 is 2.14 bits per heavy atom. The molecule has 1 amide bonds. The van der Waals surface area contributed by atoms with Crippen LogP contribution in [-0.4, -0.2) is 30.3 Å². The monoisotopic (exact) mass is 405 g/mol. The Kier molecular flexibility index (Phi) is 6.42. The molecule has 0 aliphatic heterocycles. The summed E-state index contributed by atoms with van der Waals surface area (Å²) < 4.78 is 10.9. The number of carbonyl (C=O) groups excluding carboxylic acids is 1. The number of amides is 1. The number of aliphatic hydroxyl groups excluding tert-OH is 1. The molecular weight excluding hydrogens is 382 g/mol. The van der Waals surface area contributed by atoms with Gasteiger partial charge < -0.3 is 19.6 Å². The van der Waals surface area contributed by atoms with Crippen LogP contribution in [0.25, 0.3) is 0 Å². The Balaban J connectivity index is 1.56. The van der Waals surface area contributed by atoms with Crippen molar-refractivity contribution in [2.75, 3.05) is 13.2 Å². The van der Waals surface area contributed by atoms with Crippen LogP contribution in [0.15, 0.2) is 33.5 Å². The zero-order valence-electron chi connectivity index (χ0n) is 16.0. The fourth-order valence-corrected chi connectivity index (χ4v) is 3.25. The minimum absolute atomic E-state index is 0.0182. The second-order valence-electron chi connectivity index (χ2n) is 7.16. The van der Waals surface area contributed by atoms with Crippen molar-refractivity contribution in [3.63, 3.8) is 0 Å². The van der Waals surface area contributed by atoms with E-state index >= 15 is 0 Å². The van der Waals surface area contributed by atoms with Crippen molar-refractivity contribution in [1.82, 2.24) is 5.32 Å². The summed E-state index contributed by atoms with van der Waals surface area (Å²) in [5.41, 5.74) is 0.692. The molecule has 1 aliphatic carbocycles. The van der Waals surface area contributed by atoms with E-state index in [0.717, 1.165) is 24.8 Å². The van der Waals surface area contributed by atoms with E-state index in [1.54, 1.807) is 31.2 Å². The van der Waals surface area contributed by atoms with Crippen LogP contribution in [0.4, 0.5) is 0 Å². The van der Waals surface area contributed by atoms with Crippen molar-refractivity contribution in [2.24, 2.45) is 0 Å². The second-order valence-corrected chi connectivity index (χ2v) is 7.57. The summed E-state index contributed by atoms with van der Waals surface area (Å²) >= 11 is 6.03. The smallest absolute Gasteiger partial charge is 0.349 e. The largest absolute Gasteiger partial charge is 0.490 e. The van der Waals surface area contributed by atoms with E-state index in [1.807, 2.05) is 6.92 Å². The number of benzene rings is 1. The summed E-state index contributed by atoms with van der Waals surface area (Å²) in [5, 5.41) is 13.2. The summed E-state index contributed by atoms with van der Waals surface area (Å²) in [7, 11) is 0. The number of rotatable bonds is 7. The average molecular weight is 406 g/mol. The molecule has 2 N–H and O–H groups in total. The van der Waals surface area contributed by atoms with Crippen molar-refractivity contribution >= 4 is 17.5 Å². The SMILES string of the molecule is Cc1cc(C2CCC2)oc(=O)c1C(=O)NC[C@@H](O)COc1cccc(Cl)c1C. The maximum absolute atomic E-state index is 12.4. The predicted octanol–water partition coefficient (Wildman–Crippen LogP) is 3.35. The number of hydrogen-bond acceptors (Lipinski definition) is 5. The normalized spacial score (nSPS) is 15.0. The number of halogens is 1. The first-order chi connectivity index (χ1) is 13.4. The highest BCUT2D eigenvalue weighted by molar-refractivity contribution is 6.31. The van der Waals surface area contributed by atoms with Crippen molar-refractivity contribution in [3.05, 3.63) is 62.2 Å². The highest BCUT2D eigenvalue weighted by Crippen LogP contribution is 2.36. The van der Waals surface area contributed by atoms with Gasteiger partial charge in [-0.2, -0.15) is 0 Å². The highest BCUT2D eigenvalue weighted by atomic mass is 35.5. The summed E-state index contributed by atoms with van der Waals surface area (Å²) in [4.78, 5) is 24.6. The molecule has 1 aromatic heterocycles. The Morgan fingerprint density at radius 3 is 2.79 bits per heavy atom. The van der Waals surface area contributed by atoms with Gasteiger partial charge in [0.05, 0.1) is 0 Å². The van der Waals surface area contributed by atoms with E-state index in [4.69, 9.17) is 20.8 Å². The van der Waals surface area contributed by atoms with Crippen LogP contribution in [0.3, 0.4) is 0 Å². The van der Waals surface area contributed by atoms with E-state index in [9.17, 15) is 14.7 Å². The third-order valence-corrected chi connectivity index (χ3v) is 5.46. The quantitative estimate of drug-likeness (QED) is 0.737. The fraction of sp³-hybridized carbons (Fsp3) is 0.429. The fourth-order valence-electron chi connectivity index (χ4n) is 3.09. The maximum atomic E-state index is 12.4. The van der Waals surface area contributed by atoms with Gasteiger partial charge in [-0.05, 0) is 50.5 Å². The summed E-state index contributed by atoms with van der Waals surface area (Å²) in [6.07, 6.45) is 2.20. The minimum atomic E-state index is -0.941. The molecule has 1 heterocycles. The zero-order valence-corrected chi connectivity index (χ0v) is 16.7. The minimum Gasteiger partial charge on any atom is -0.490 e. The van der Waals surface area contributed by atoms with Gasteiger partial charge in [0.25, 0.3) is 5.91 Å². The maximum Gasteiger partial charge on any atom is 0.349 e. The molecule has 0 bridgehead atoms. The van der Waals surface area contributed by atoms with Crippen LogP contribution in [0.2, 0.25) is 5.02 Å². The van der Waals surface area contributed by atoms with Crippen molar-refractivity contribution < 1.29 is 19.1 Å². The van der Waals surface area contributed by atoms with Crippen LogP contribution >= 0.6 is 11.6 Å². The van der Waals surface area contributed by atoms with Crippen LogP contribution in [0.1, 0.15) is 52.4 Å². The zero-order chi connectivity index (χ0) is 20.3. The molecule has 1 saturated carbocycles. The van der Waals surface area contributed by atoms with Crippen LogP contribution in [0, 0.1) is 13.8 Å². The van der Waals surface area contributed by atoms with Gasteiger partial charge in [0.1, 0.15) is 29.8 Å². The lowest BCUT2D eigenvalue weighted by Crippen LogP contribution is -2.37. The molecular formula is C21H24ClNO5. The van der Waals surface area contributed by atoms with Gasteiger partial charge in [-0.3, -0.25) is 4.79 Å². The van der Waals surface area contributed by atoms with Gasteiger partial charge in [-0.1, -0.05) is 24.1 Å². The Bertz CT molecular complexity index is 919. The molecule has 6 nitrogen and oxygen atoms in total. The van der Waals surface area contributed by atoms with E-state index in [2.05, 4.69) is 5.32 Å². The van der Waals surface area contributed by atoms with Crippen LogP contribution < -0.4 is 15.7 Å². The standard InChI is InChI=1S/C21H24ClNO5/c1-12-9-18(14-5-3-6-14)28-21(26)19(12)20(25)23-10-15(24)11-27-17-8-4-7-16(22)13(17)2/h4,7-9,14-15,24H,3,5-6,10-11H2,1-2H3,(H,23,25)/t15-/m1/s1. The van der Waals surface area contributed by atoms with E-state index < -0.39 is 17.6 Å². The van der Waals surface area contributed by atoms with Gasteiger partial charge >= 0.3 is 5.63 Å². The van der Waals surface area contributed by atoms with E-state index in [-0.39, 0.29) is 24.6 Å². The van der Waals surface area contributed by atoms with Gasteiger partial charge in [0, 0.05) is 23.0 Å². The van der Waals surface area contributed by atoms with Crippen molar-refractivity contribution in [2.45, 2.75) is 45.1 Å². The first-order valence-corrected chi connectivity index (χ1v) is 9.73. The van der Waals surface area contributed by atoms with Crippen molar-refractivity contribution in [1.29, 1.82) is 0 Å². The molecule has 0 spiro atoms. The molecule has 1 fully saturated rings. The second kappa shape index (κ2) is 8.80. The van der Waals surface area contributed by atoms with Crippen molar-refractivity contribution in [3.8, 4) is 5.75 Å². The van der Waals surface area contributed by atoms with E-state index in [1.165, 1.54) is 0 Å². The number of hydrogen-bond donors (Lipinski definition) is 2. The van der Waals surface area contributed by atoms with Gasteiger partial charge in [0.2, 0.25) is 0 Å². The lowest BCUT2D eigenvalue weighted by molar-refractivity contribution is 0.0838. The lowest BCUT2D eigenvalue weighted by atomic mass is 9.83. The number of nitrogens with one attached hydrogen (secondary N) is 1. The summed E-state index contributed by atoms with van der Waals surface area (Å²) in [6, 6.07) is 7.03. The third kappa shape index (κ3) is 4.56. The molecule has 2 aromatic rings. The van der Waals surface area contributed by atoms with Crippen LogP contribution in [-0.2, 0) is 0 Å². The number of aliphatic hydroxyl groups is 1. The first kappa shape index (κ1) is 20.4. The molecule has 150 valence electrons. The number of aryl methyl sites for hydroxylation is 1. The summed E-state index contributed by atoms with van der Waals surface area (Å²) in [5.74, 6) is 0.929. The average Bonchev–Trinajstić information content (AvgIpc) is 2.59. The first-order valence-electron chi connectivity index (χ1n) is 9.35. The lowest BCUT2D eigenvalue weighted by Gasteiger charge is -2.24. The molecule has 1 atom stereocenters. The third-order valence-electron chi connectivity index (χ3n) is 5.05. The van der Waals surface area contributed by atoms with Crippen LogP contribution in [0.5, 0.6) is 5.75 Å². The Hall–Kier alpha value is -2.31. The molecule has 0 radical (unpaired) electrons. The Morgan fingerprint density at radius 1 is 1.39 bits per heavy atom. The number of ether oxygens (including phenoxy) is 1. The molecule has 0 saturated heterocycles. The summed E-state index contributed by atoms with van der Waals surface area (Å²) in [6.45, 7) is 3.47. The molecule has 0 unspecified atom stereocenters. The topological polar surface area (TPSA) is 88.8 Å². The van der Waals surface area contributed by atoms with Gasteiger partial charge in [-0.25, -0.2) is 4.79 Å². The van der Waals surface area contributed by atoms with E-state index in [0.29, 0.717) is 22.1 Å². The Labute approximate surface area is 168 Å². The number of carbonyl (C=O) groups is 1. The van der Waals surface area contributed by atoms with Gasteiger partial charge in [-0.15, -0.1) is 0 Å². The highest BCUT2D eigenvalue weighted by Gasteiger charge is 2.25. The molecule has 3 rings (SSSR count). The predicted molar refractivity (Wildman–Crippen MR) is 106 cm³/mol. The molecule has 28 heavy (non-hydrogen) atoms. The molecule has 7 heteroatoms. The molecule has 1 aromatic carbocycles. The molecule has 1 aliphatic rings. The van der Waals surface area contributed by atoms with Gasteiger partial charge in [0.15, 0.2) is 0 Å².